The summed E-state index contributed by atoms with van der Waals surface area (Å²) < 4.78 is 0. The minimum atomic E-state index is -0.0452. The molecule has 17 heavy (non-hydrogen) atoms. The first-order valence-corrected chi connectivity index (χ1v) is 6.49. The monoisotopic (exact) mass is 241 g/mol. The zero-order chi connectivity index (χ0) is 13.1. The molecule has 100 valence electrons. The van der Waals surface area contributed by atoms with Gasteiger partial charge in [-0.1, -0.05) is 13.8 Å². The molecule has 1 heterocycles. The maximum Gasteiger partial charge on any atom is 0.239 e. The normalized spacial score (nSPS) is 25.2. The zero-order valence-electron chi connectivity index (χ0n) is 11.9. The molecule has 1 amide bonds. The molecule has 0 aromatic rings. The summed E-state index contributed by atoms with van der Waals surface area (Å²) in [6.45, 7) is 10.1. The molecule has 0 aromatic carbocycles. The molecule has 1 saturated heterocycles. The Morgan fingerprint density at radius 3 is 2.71 bits per heavy atom. The minimum Gasteiger partial charge on any atom is -0.341 e. The number of rotatable bonds is 4. The van der Waals surface area contributed by atoms with E-state index in [1.54, 1.807) is 0 Å². The van der Waals surface area contributed by atoms with Gasteiger partial charge in [0.2, 0.25) is 5.91 Å². The predicted octanol–water partition coefficient (Wildman–Crippen LogP) is 0.785. The van der Waals surface area contributed by atoms with Crippen molar-refractivity contribution in [3.8, 4) is 0 Å². The molecule has 4 heteroatoms. The van der Waals surface area contributed by atoms with Crippen molar-refractivity contribution in [3.05, 3.63) is 0 Å². The van der Waals surface area contributed by atoms with E-state index in [0.29, 0.717) is 0 Å². The molecular weight excluding hydrogens is 214 g/mol. The molecule has 1 aliphatic rings. The van der Waals surface area contributed by atoms with Crippen LogP contribution < -0.4 is 5.32 Å². The van der Waals surface area contributed by atoms with Gasteiger partial charge in [-0.2, -0.15) is 0 Å². The third kappa shape index (κ3) is 4.64. The van der Waals surface area contributed by atoms with E-state index in [0.717, 1.165) is 32.6 Å². The van der Waals surface area contributed by atoms with Gasteiger partial charge in [0.25, 0.3) is 0 Å². The number of amides is 1. The van der Waals surface area contributed by atoms with Crippen molar-refractivity contribution >= 4 is 5.91 Å². The van der Waals surface area contributed by atoms with E-state index in [4.69, 9.17) is 0 Å². The van der Waals surface area contributed by atoms with Crippen LogP contribution in [0.5, 0.6) is 0 Å². The van der Waals surface area contributed by atoms with E-state index < -0.39 is 0 Å². The second-order valence-corrected chi connectivity index (χ2v) is 6.18. The highest BCUT2D eigenvalue weighted by Crippen LogP contribution is 2.20. The number of carbonyl (C=O) groups excluding carboxylic acids is 1. The molecule has 0 aliphatic carbocycles. The Hall–Kier alpha value is -0.610. The van der Waals surface area contributed by atoms with E-state index >= 15 is 0 Å². The van der Waals surface area contributed by atoms with Crippen LogP contribution in [0.2, 0.25) is 0 Å². The van der Waals surface area contributed by atoms with Crippen LogP contribution >= 0.6 is 0 Å². The van der Waals surface area contributed by atoms with Crippen LogP contribution in [0.4, 0.5) is 0 Å². The fourth-order valence-corrected chi connectivity index (χ4v) is 2.21. The Kier molecular flexibility index (Phi) is 4.95. The average Bonchev–Trinajstić information content (AvgIpc) is 2.30. The third-order valence-electron chi connectivity index (χ3n) is 3.22. The fraction of sp³-hybridized carbons (Fsp3) is 0.923. The molecule has 1 fully saturated rings. The van der Waals surface area contributed by atoms with Crippen molar-refractivity contribution < 1.29 is 4.79 Å². The summed E-state index contributed by atoms with van der Waals surface area (Å²) >= 11 is 0. The van der Waals surface area contributed by atoms with Crippen LogP contribution in [0.3, 0.4) is 0 Å². The lowest BCUT2D eigenvalue weighted by Crippen LogP contribution is -2.42. The van der Waals surface area contributed by atoms with Crippen molar-refractivity contribution in [2.45, 2.75) is 33.2 Å². The molecule has 0 aromatic heterocycles. The van der Waals surface area contributed by atoms with Crippen LogP contribution in [0.1, 0.15) is 27.2 Å². The van der Waals surface area contributed by atoms with E-state index in [1.807, 2.05) is 11.8 Å². The van der Waals surface area contributed by atoms with Gasteiger partial charge in [-0.3, -0.25) is 4.79 Å². The molecule has 1 atom stereocenters. The number of nitrogens with one attached hydrogen (secondary N) is 1. The van der Waals surface area contributed by atoms with Crippen molar-refractivity contribution in [1.29, 1.82) is 0 Å². The second-order valence-electron chi connectivity index (χ2n) is 6.18. The average molecular weight is 241 g/mol. The molecule has 1 unspecified atom stereocenters. The lowest BCUT2D eigenvalue weighted by Gasteiger charge is -2.29. The van der Waals surface area contributed by atoms with E-state index in [-0.39, 0.29) is 17.4 Å². The summed E-state index contributed by atoms with van der Waals surface area (Å²) in [6, 6.07) is -0.0452. The standard InChI is InChI=1S/C13H27N3O/c1-11-12(17)16(8-6-7-15(4)5)10-13(2,3)9-14-11/h11,14H,6-10H2,1-5H3. The summed E-state index contributed by atoms with van der Waals surface area (Å²) in [6.07, 6.45) is 1.04. The first-order chi connectivity index (χ1) is 7.82. The molecule has 0 spiro atoms. The highest BCUT2D eigenvalue weighted by molar-refractivity contribution is 5.81. The van der Waals surface area contributed by atoms with Crippen LogP contribution in [-0.2, 0) is 4.79 Å². The Morgan fingerprint density at radius 2 is 2.12 bits per heavy atom. The van der Waals surface area contributed by atoms with E-state index in [2.05, 4.69) is 38.2 Å². The van der Waals surface area contributed by atoms with Gasteiger partial charge in [0, 0.05) is 19.6 Å². The second kappa shape index (κ2) is 5.83. The SMILES string of the molecule is CC1NCC(C)(C)CN(CCCN(C)C)C1=O. The van der Waals surface area contributed by atoms with Crippen LogP contribution in [-0.4, -0.2) is 62.0 Å². The highest BCUT2D eigenvalue weighted by Gasteiger charge is 2.31. The van der Waals surface area contributed by atoms with Gasteiger partial charge in [-0.05, 0) is 39.4 Å². The summed E-state index contributed by atoms with van der Waals surface area (Å²) in [5.74, 6) is 0.245. The van der Waals surface area contributed by atoms with Crippen LogP contribution in [0.15, 0.2) is 0 Å². The maximum atomic E-state index is 12.2. The number of carbonyl (C=O) groups is 1. The lowest BCUT2D eigenvalue weighted by molar-refractivity contribution is -0.133. The predicted molar refractivity (Wildman–Crippen MR) is 71.0 cm³/mol. The number of hydrogen-bond donors (Lipinski definition) is 1. The van der Waals surface area contributed by atoms with Crippen molar-refractivity contribution in [1.82, 2.24) is 15.1 Å². The summed E-state index contributed by atoms with van der Waals surface area (Å²) in [4.78, 5) is 16.3. The fourth-order valence-electron chi connectivity index (χ4n) is 2.21. The van der Waals surface area contributed by atoms with Gasteiger partial charge < -0.3 is 15.1 Å². The maximum absolute atomic E-state index is 12.2. The van der Waals surface area contributed by atoms with Crippen molar-refractivity contribution in [3.63, 3.8) is 0 Å². The number of nitrogens with zero attached hydrogens (tertiary/aromatic N) is 2. The van der Waals surface area contributed by atoms with E-state index in [1.165, 1.54) is 0 Å². The molecule has 0 radical (unpaired) electrons. The molecule has 4 nitrogen and oxygen atoms in total. The van der Waals surface area contributed by atoms with Crippen LogP contribution in [0.25, 0.3) is 0 Å². The Balaban J connectivity index is 2.56. The first kappa shape index (κ1) is 14.5. The Bertz CT molecular complexity index is 263. The lowest BCUT2D eigenvalue weighted by atomic mass is 9.93. The van der Waals surface area contributed by atoms with Gasteiger partial charge in [0.1, 0.15) is 0 Å². The zero-order valence-corrected chi connectivity index (χ0v) is 11.9. The largest absolute Gasteiger partial charge is 0.341 e. The van der Waals surface area contributed by atoms with Gasteiger partial charge in [0.05, 0.1) is 6.04 Å². The third-order valence-corrected chi connectivity index (χ3v) is 3.22. The summed E-state index contributed by atoms with van der Waals surface area (Å²) in [5, 5.41) is 3.31. The van der Waals surface area contributed by atoms with Crippen LogP contribution in [0, 0.1) is 5.41 Å². The molecule has 1 rings (SSSR count). The molecule has 1 aliphatic heterocycles. The highest BCUT2D eigenvalue weighted by atomic mass is 16.2. The number of hydrogen-bond acceptors (Lipinski definition) is 3. The molecule has 0 saturated carbocycles. The van der Waals surface area contributed by atoms with Gasteiger partial charge in [-0.15, -0.1) is 0 Å². The van der Waals surface area contributed by atoms with Crippen molar-refractivity contribution in [2.24, 2.45) is 5.41 Å². The first-order valence-electron chi connectivity index (χ1n) is 6.49. The Labute approximate surface area is 105 Å². The minimum absolute atomic E-state index is 0.0452. The molecular formula is C13H27N3O. The van der Waals surface area contributed by atoms with Gasteiger partial charge in [0.15, 0.2) is 0 Å². The quantitative estimate of drug-likeness (QED) is 0.790. The summed E-state index contributed by atoms with van der Waals surface area (Å²) in [5.41, 5.74) is 0.165. The van der Waals surface area contributed by atoms with Gasteiger partial charge in [-0.25, -0.2) is 0 Å². The Morgan fingerprint density at radius 1 is 1.47 bits per heavy atom. The van der Waals surface area contributed by atoms with Gasteiger partial charge >= 0.3 is 0 Å². The molecule has 1 N–H and O–H groups in total. The summed E-state index contributed by atoms with van der Waals surface area (Å²) in [7, 11) is 4.14. The molecule has 0 bridgehead atoms. The topological polar surface area (TPSA) is 35.6 Å². The van der Waals surface area contributed by atoms with E-state index in [9.17, 15) is 4.79 Å². The van der Waals surface area contributed by atoms with Crippen molar-refractivity contribution in [2.75, 3.05) is 40.3 Å². The smallest absolute Gasteiger partial charge is 0.239 e.